The number of rotatable bonds is 3. The van der Waals surface area contributed by atoms with Crippen molar-refractivity contribution in [3.05, 3.63) is 248 Å². The van der Waals surface area contributed by atoms with Crippen LogP contribution >= 0.6 is 11.3 Å². The minimum Gasteiger partial charge on any atom is -0.456 e. The fourth-order valence-electron chi connectivity index (χ4n) is 12.3. The normalized spacial score (nSPS) is 13.1. The Morgan fingerprint density at radius 2 is 0.778 bits per heavy atom. The van der Waals surface area contributed by atoms with Crippen molar-refractivity contribution in [2.75, 3.05) is 4.90 Å². The number of ether oxygens (including phenoxy) is 1. The summed E-state index contributed by atoms with van der Waals surface area (Å²) in [5.41, 5.74) is 12.8. The summed E-state index contributed by atoms with van der Waals surface area (Å²) >= 11 is 1.90. The minimum absolute atomic E-state index is 0.188. The summed E-state index contributed by atoms with van der Waals surface area (Å²) in [6, 6.07) is 87.8. The molecule has 0 bridgehead atoms. The molecule has 338 valence electrons. The summed E-state index contributed by atoms with van der Waals surface area (Å²) in [7, 11) is 0. The van der Waals surface area contributed by atoms with Crippen molar-refractivity contribution in [3.8, 4) is 44.9 Å². The summed E-state index contributed by atoms with van der Waals surface area (Å²) in [6.45, 7) is 4.74. The van der Waals surface area contributed by atoms with E-state index in [2.05, 4.69) is 255 Å². The van der Waals surface area contributed by atoms with Crippen LogP contribution in [-0.2, 0) is 5.41 Å². The Kier molecular flexibility index (Phi) is 8.91. The molecule has 1 aliphatic heterocycles. The van der Waals surface area contributed by atoms with E-state index < -0.39 is 0 Å². The monoisotopic (exact) mass is 935 g/mol. The quantitative estimate of drug-likeness (QED) is 0.175. The van der Waals surface area contributed by atoms with Gasteiger partial charge in [-0.05, 0) is 136 Å². The predicted octanol–water partition coefficient (Wildman–Crippen LogP) is 20.2. The van der Waals surface area contributed by atoms with Gasteiger partial charge in [0, 0.05) is 59.2 Å². The van der Waals surface area contributed by atoms with Crippen LogP contribution in [0.4, 0.5) is 17.1 Å². The molecule has 3 heteroatoms. The van der Waals surface area contributed by atoms with Gasteiger partial charge in [0.2, 0.25) is 0 Å². The van der Waals surface area contributed by atoms with E-state index in [1.807, 2.05) is 11.3 Å². The van der Waals surface area contributed by atoms with E-state index in [9.17, 15) is 0 Å². The molecule has 72 heavy (non-hydrogen) atoms. The summed E-state index contributed by atoms with van der Waals surface area (Å²) in [4.78, 5) is 2.47. The molecule has 0 fully saturated rings. The highest BCUT2D eigenvalue weighted by Crippen LogP contribution is 2.53. The first-order chi connectivity index (χ1) is 35.5. The number of fused-ring (bicyclic) bond motifs is 22. The Balaban J connectivity index is 1.07. The van der Waals surface area contributed by atoms with Gasteiger partial charge in [-0.2, -0.15) is 0 Å². The van der Waals surface area contributed by atoms with Crippen LogP contribution in [0.1, 0.15) is 25.0 Å². The van der Waals surface area contributed by atoms with Crippen LogP contribution in [-0.4, -0.2) is 0 Å². The highest BCUT2D eigenvalue weighted by atomic mass is 32.1. The van der Waals surface area contributed by atoms with E-state index >= 15 is 0 Å². The van der Waals surface area contributed by atoms with Gasteiger partial charge in [-0.15, -0.1) is 11.3 Å². The average Bonchev–Trinajstić information content (AvgIpc) is 3.87. The second-order valence-electron chi connectivity index (χ2n) is 19.9. The van der Waals surface area contributed by atoms with Crippen LogP contribution in [0.25, 0.3) is 107 Å². The van der Waals surface area contributed by atoms with Crippen LogP contribution in [0.3, 0.4) is 0 Å². The van der Waals surface area contributed by atoms with Crippen LogP contribution in [0, 0.1) is 0 Å². The van der Waals surface area contributed by atoms with Crippen LogP contribution in [0.5, 0.6) is 11.5 Å². The standard InChI is InChI=1S/C69H45NOS/c1-69(2)62-28-14-11-24-53(62)54-35-32-44(41-63(54)69)70(43-33-38-65-61(40-43)51-23-8-6-20-48(51)55-25-12-15-29-64(55)71-65)42-31-34-52-58-36-37-59-56-26-13-16-30-66(56)72-68(59)67(58)57-27-10-9-21-49(57)46-18-4-3-17-45(46)47-19-5-7-22-50(47)60(52)39-42/h3-41H,1-2H3. The van der Waals surface area contributed by atoms with E-state index in [1.165, 1.54) is 96.3 Å². The number of anilines is 3. The van der Waals surface area contributed by atoms with Crippen molar-refractivity contribution < 1.29 is 4.74 Å². The molecule has 0 saturated carbocycles. The van der Waals surface area contributed by atoms with E-state index in [4.69, 9.17) is 4.74 Å². The highest BCUT2D eigenvalue weighted by molar-refractivity contribution is 7.26. The molecule has 0 atom stereocenters. The van der Waals surface area contributed by atoms with Gasteiger partial charge < -0.3 is 9.64 Å². The topological polar surface area (TPSA) is 12.5 Å². The van der Waals surface area contributed by atoms with Gasteiger partial charge in [0.25, 0.3) is 0 Å². The van der Waals surface area contributed by atoms with Crippen molar-refractivity contribution in [1.82, 2.24) is 0 Å². The molecule has 15 rings (SSSR count). The lowest BCUT2D eigenvalue weighted by molar-refractivity contribution is 0.488. The molecule has 0 amide bonds. The number of hydrogen-bond donors (Lipinski definition) is 0. The zero-order valence-electron chi connectivity index (χ0n) is 39.8. The maximum atomic E-state index is 6.83. The molecule has 0 unspecified atom stereocenters. The number of para-hydroxylation sites is 1. The molecule has 0 radical (unpaired) electrons. The molecule has 2 aliphatic rings. The molecule has 0 spiro atoms. The zero-order valence-corrected chi connectivity index (χ0v) is 40.6. The summed E-state index contributed by atoms with van der Waals surface area (Å²) < 4.78 is 9.44. The Labute approximate surface area is 421 Å². The van der Waals surface area contributed by atoms with Crippen LogP contribution in [0.15, 0.2) is 237 Å². The Hall–Kier alpha value is -8.76. The minimum atomic E-state index is -0.188. The number of benzene rings is 11. The lowest BCUT2D eigenvalue weighted by atomic mass is 9.82. The van der Waals surface area contributed by atoms with Gasteiger partial charge in [0.1, 0.15) is 11.5 Å². The van der Waals surface area contributed by atoms with E-state index in [0.717, 1.165) is 50.8 Å². The molecule has 1 aliphatic carbocycles. The molecule has 12 aromatic carbocycles. The lowest BCUT2D eigenvalue weighted by Gasteiger charge is -2.29. The molecule has 2 heterocycles. The van der Waals surface area contributed by atoms with Gasteiger partial charge in [-0.1, -0.05) is 196 Å². The number of hydrogen-bond acceptors (Lipinski definition) is 3. The molecule has 13 aromatic rings. The van der Waals surface area contributed by atoms with Gasteiger partial charge in [-0.3, -0.25) is 0 Å². The second-order valence-corrected chi connectivity index (χ2v) is 20.9. The maximum absolute atomic E-state index is 6.83. The largest absolute Gasteiger partial charge is 0.456 e. The first kappa shape index (κ1) is 41.1. The first-order valence-electron chi connectivity index (χ1n) is 24.9. The first-order valence-corrected chi connectivity index (χ1v) is 25.7. The second kappa shape index (κ2) is 15.6. The molecular weight excluding hydrogens is 891 g/mol. The number of nitrogens with zero attached hydrogens (tertiary/aromatic N) is 1. The summed E-state index contributed by atoms with van der Waals surface area (Å²) in [5, 5.41) is 14.8. The SMILES string of the molecule is CC1(C)c2ccccc2-c2ccc(N(c3ccc4c(c3)-c3ccccc3-c3ccccc3O4)c3ccc4c(c3)c3ccccc3c3ccccc3c3ccccc3c3c4ccc4c5ccccc5sc43)cc21. The zero-order chi connectivity index (χ0) is 47.7. The summed E-state index contributed by atoms with van der Waals surface area (Å²) in [5.74, 6) is 1.70. The molecule has 0 saturated heterocycles. The number of thiophene rings is 1. The average molecular weight is 936 g/mol. The van der Waals surface area contributed by atoms with Crippen LogP contribution < -0.4 is 9.64 Å². The van der Waals surface area contributed by atoms with Crippen LogP contribution in [0.2, 0.25) is 0 Å². The van der Waals surface area contributed by atoms with Crippen molar-refractivity contribution in [2.24, 2.45) is 0 Å². The van der Waals surface area contributed by atoms with Crippen molar-refractivity contribution in [3.63, 3.8) is 0 Å². The maximum Gasteiger partial charge on any atom is 0.135 e. The highest BCUT2D eigenvalue weighted by Gasteiger charge is 2.36. The molecular formula is C69H45NOS. The third kappa shape index (κ3) is 6.01. The Morgan fingerprint density at radius 1 is 0.319 bits per heavy atom. The Morgan fingerprint density at radius 3 is 1.53 bits per heavy atom. The third-order valence-electron chi connectivity index (χ3n) is 15.7. The third-order valence-corrected chi connectivity index (χ3v) is 16.9. The van der Waals surface area contributed by atoms with E-state index in [-0.39, 0.29) is 5.41 Å². The summed E-state index contributed by atoms with van der Waals surface area (Å²) in [6.07, 6.45) is 0. The molecule has 0 N–H and O–H groups in total. The lowest BCUT2D eigenvalue weighted by Crippen LogP contribution is -2.16. The fourth-order valence-corrected chi connectivity index (χ4v) is 13.6. The van der Waals surface area contributed by atoms with Gasteiger partial charge >= 0.3 is 0 Å². The smallest absolute Gasteiger partial charge is 0.135 e. The van der Waals surface area contributed by atoms with Gasteiger partial charge in [0.15, 0.2) is 0 Å². The van der Waals surface area contributed by atoms with E-state index in [0.29, 0.717) is 0 Å². The van der Waals surface area contributed by atoms with Crippen molar-refractivity contribution >= 4 is 102 Å². The fraction of sp³-hybridized carbons (Fsp3) is 0.0435. The van der Waals surface area contributed by atoms with Crippen molar-refractivity contribution in [2.45, 2.75) is 19.3 Å². The van der Waals surface area contributed by atoms with Crippen molar-refractivity contribution in [1.29, 1.82) is 0 Å². The molecule has 1 aromatic heterocycles. The van der Waals surface area contributed by atoms with E-state index in [1.54, 1.807) is 0 Å². The predicted molar refractivity (Wildman–Crippen MR) is 308 cm³/mol. The molecule has 2 nitrogen and oxygen atoms in total. The van der Waals surface area contributed by atoms with Gasteiger partial charge in [0.05, 0.1) is 0 Å². The van der Waals surface area contributed by atoms with Gasteiger partial charge in [-0.25, -0.2) is 0 Å². The Bertz CT molecular complexity index is 4540.